The summed E-state index contributed by atoms with van der Waals surface area (Å²) in [6, 6.07) is 9.22. The molecule has 1 aliphatic rings. The molecule has 0 bridgehead atoms. The molecule has 0 spiro atoms. The summed E-state index contributed by atoms with van der Waals surface area (Å²) in [6.45, 7) is 1.06. The molecule has 3 aromatic rings. The maximum atomic E-state index is 12.8. The van der Waals surface area contributed by atoms with Gasteiger partial charge in [-0.15, -0.1) is 5.10 Å². The third-order valence-corrected chi connectivity index (χ3v) is 6.80. The number of hydrogen-bond acceptors (Lipinski definition) is 7. The number of nitrogens with zero attached hydrogens (tertiary/aromatic N) is 4. The van der Waals surface area contributed by atoms with Gasteiger partial charge in [0.05, 0.1) is 4.90 Å². The number of pyridine rings is 1. The lowest BCUT2D eigenvalue weighted by molar-refractivity contribution is 0.102. The highest BCUT2D eigenvalue weighted by molar-refractivity contribution is 7.89. The highest BCUT2D eigenvalue weighted by Gasteiger charge is 2.25. The van der Waals surface area contributed by atoms with Gasteiger partial charge in [0.1, 0.15) is 0 Å². The van der Waals surface area contributed by atoms with E-state index in [0.29, 0.717) is 18.7 Å². The van der Waals surface area contributed by atoms with E-state index in [0.717, 1.165) is 25.7 Å². The summed E-state index contributed by atoms with van der Waals surface area (Å²) in [4.78, 5) is 16.6. The zero-order valence-electron chi connectivity index (χ0n) is 16.2. The molecule has 1 aliphatic heterocycles. The van der Waals surface area contributed by atoms with E-state index in [9.17, 15) is 13.2 Å². The molecule has 1 fully saturated rings. The summed E-state index contributed by atoms with van der Waals surface area (Å²) in [7, 11) is -3.56. The van der Waals surface area contributed by atoms with Gasteiger partial charge in [0.25, 0.3) is 5.91 Å². The number of sulfonamides is 1. The number of hydrogen-bond donors (Lipinski definition) is 1. The highest BCUT2D eigenvalue weighted by Crippen LogP contribution is 2.22. The van der Waals surface area contributed by atoms with Crippen LogP contribution >= 0.6 is 0 Å². The first-order valence-electron chi connectivity index (χ1n) is 9.69. The van der Waals surface area contributed by atoms with Gasteiger partial charge < -0.3 is 4.42 Å². The van der Waals surface area contributed by atoms with Gasteiger partial charge >= 0.3 is 6.01 Å². The molecule has 0 atom stereocenters. The van der Waals surface area contributed by atoms with E-state index in [1.54, 1.807) is 24.5 Å². The summed E-state index contributed by atoms with van der Waals surface area (Å²) in [6.07, 6.45) is 7.02. The number of carbonyl (C=O) groups excluding carboxylic acids is 1. The van der Waals surface area contributed by atoms with Crippen molar-refractivity contribution in [2.75, 3.05) is 18.4 Å². The summed E-state index contributed by atoms with van der Waals surface area (Å²) in [5.74, 6) is -0.217. The Bertz CT molecular complexity index is 1110. The van der Waals surface area contributed by atoms with Gasteiger partial charge in [0, 0.05) is 36.6 Å². The van der Waals surface area contributed by atoms with Gasteiger partial charge in [0.2, 0.25) is 15.9 Å². The summed E-state index contributed by atoms with van der Waals surface area (Å²) in [5.41, 5.74) is 0.967. The maximum absolute atomic E-state index is 12.8. The van der Waals surface area contributed by atoms with Crippen LogP contribution in [0.15, 0.2) is 58.1 Å². The Morgan fingerprint density at radius 3 is 2.27 bits per heavy atom. The Kier molecular flexibility index (Phi) is 5.86. The van der Waals surface area contributed by atoms with Crippen LogP contribution < -0.4 is 5.32 Å². The predicted molar refractivity (Wildman–Crippen MR) is 109 cm³/mol. The minimum absolute atomic E-state index is 0.0481. The molecular weight excluding hydrogens is 406 g/mol. The molecule has 156 valence electrons. The van der Waals surface area contributed by atoms with Crippen LogP contribution in [0, 0.1) is 0 Å². The van der Waals surface area contributed by atoms with E-state index in [1.165, 1.54) is 28.6 Å². The summed E-state index contributed by atoms with van der Waals surface area (Å²) in [5, 5.41) is 10.2. The molecule has 0 saturated carbocycles. The Balaban J connectivity index is 1.45. The number of anilines is 1. The van der Waals surface area contributed by atoms with Gasteiger partial charge in [-0.1, -0.05) is 17.9 Å². The molecule has 1 amide bonds. The molecule has 1 saturated heterocycles. The van der Waals surface area contributed by atoms with E-state index in [1.807, 2.05) is 0 Å². The topological polar surface area (TPSA) is 118 Å². The molecule has 30 heavy (non-hydrogen) atoms. The second-order valence-electron chi connectivity index (χ2n) is 6.95. The van der Waals surface area contributed by atoms with Crippen LogP contribution in [-0.2, 0) is 10.0 Å². The fourth-order valence-electron chi connectivity index (χ4n) is 3.26. The molecule has 10 heteroatoms. The van der Waals surface area contributed by atoms with Gasteiger partial charge in [-0.3, -0.25) is 15.1 Å². The fraction of sp³-hybridized carbons (Fsp3) is 0.300. The van der Waals surface area contributed by atoms with Crippen LogP contribution in [-0.4, -0.2) is 46.9 Å². The van der Waals surface area contributed by atoms with Crippen molar-refractivity contribution in [1.29, 1.82) is 0 Å². The fourth-order valence-corrected chi connectivity index (χ4v) is 4.78. The van der Waals surface area contributed by atoms with E-state index in [4.69, 9.17) is 4.42 Å². The standard InChI is InChI=1S/C20H21N5O4S/c26-18(22-20-24-23-19(29-20)16-9-11-21-12-10-16)15-5-7-17(8-6-15)30(27,28)25-13-3-1-2-4-14-25/h5-12H,1-4,13-14H2,(H,22,24,26). The van der Waals surface area contributed by atoms with E-state index in [2.05, 4.69) is 20.5 Å². The average Bonchev–Trinajstić information content (AvgIpc) is 3.05. The maximum Gasteiger partial charge on any atom is 0.322 e. The van der Waals surface area contributed by atoms with Gasteiger partial charge in [-0.25, -0.2) is 8.42 Å². The first-order chi connectivity index (χ1) is 14.5. The van der Waals surface area contributed by atoms with Crippen molar-refractivity contribution in [2.45, 2.75) is 30.6 Å². The van der Waals surface area contributed by atoms with Crippen LogP contribution in [0.1, 0.15) is 36.0 Å². The minimum atomic E-state index is -3.56. The van der Waals surface area contributed by atoms with Crippen molar-refractivity contribution in [1.82, 2.24) is 19.5 Å². The van der Waals surface area contributed by atoms with Crippen molar-refractivity contribution in [2.24, 2.45) is 0 Å². The molecule has 1 N–H and O–H groups in total. The number of nitrogens with one attached hydrogen (secondary N) is 1. The lowest BCUT2D eigenvalue weighted by Gasteiger charge is -2.19. The van der Waals surface area contributed by atoms with Gasteiger partial charge in [-0.05, 0) is 49.2 Å². The molecule has 1 aromatic carbocycles. The lowest BCUT2D eigenvalue weighted by atomic mass is 10.2. The van der Waals surface area contributed by atoms with Crippen molar-refractivity contribution in [3.63, 3.8) is 0 Å². The largest absolute Gasteiger partial charge is 0.403 e. The molecule has 4 rings (SSSR count). The second kappa shape index (κ2) is 8.72. The Hall–Kier alpha value is -3.11. The van der Waals surface area contributed by atoms with Crippen LogP contribution in [0.5, 0.6) is 0 Å². The first-order valence-corrected chi connectivity index (χ1v) is 11.1. The molecule has 0 aliphatic carbocycles. The second-order valence-corrected chi connectivity index (χ2v) is 8.88. The number of benzene rings is 1. The Morgan fingerprint density at radius 1 is 0.933 bits per heavy atom. The number of carbonyl (C=O) groups is 1. The molecule has 0 unspecified atom stereocenters. The quantitative estimate of drug-likeness (QED) is 0.665. The highest BCUT2D eigenvalue weighted by atomic mass is 32.2. The molecule has 0 radical (unpaired) electrons. The SMILES string of the molecule is O=C(Nc1nnc(-c2ccncc2)o1)c1ccc(S(=O)(=O)N2CCCCCC2)cc1. The smallest absolute Gasteiger partial charge is 0.322 e. The number of amides is 1. The van der Waals surface area contributed by atoms with Crippen molar-refractivity contribution < 1.29 is 17.6 Å². The predicted octanol–water partition coefficient (Wildman–Crippen LogP) is 2.95. The Labute approximate surface area is 174 Å². The minimum Gasteiger partial charge on any atom is -0.403 e. The molecule has 2 aromatic heterocycles. The number of aromatic nitrogens is 3. The van der Waals surface area contributed by atoms with Crippen LogP contribution in [0.25, 0.3) is 11.5 Å². The summed E-state index contributed by atoms with van der Waals surface area (Å²) >= 11 is 0. The zero-order chi connectivity index (χ0) is 21.0. The van der Waals surface area contributed by atoms with Crippen molar-refractivity contribution >= 4 is 21.9 Å². The van der Waals surface area contributed by atoms with Crippen LogP contribution in [0.4, 0.5) is 6.01 Å². The zero-order valence-corrected chi connectivity index (χ0v) is 17.0. The first kappa shape index (κ1) is 20.2. The third-order valence-electron chi connectivity index (χ3n) is 4.89. The van der Waals surface area contributed by atoms with E-state index in [-0.39, 0.29) is 22.4 Å². The molecule has 3 heterocycles. The molecular formula is C20H21N5O4S. The van der Waals surface area contributed by atoms with Gasteiger partial charge in [-0.2, -0.15) is 4.31 Å². The third kappa shape index (κ3) is 4.39. The number of rotatable bonds is 5. The van der Waals surface area contributed by atoms with Gasteiger partial charge in [0.15, 0.2) is 0 Å². The monoisotopic (exact) mass is 427 g/mol. The van der Waals surface area contributed by atoms with E-state index < -0.39 is 15.9 Å². The lowest BCUT2D eigenvalue weighted by Crippen LogP contribution is -2.31. The molecule has 9 nitrogen and oxygen atoms in total. The van der Waals surface area contributed by atoms with Crippen LogP contribution in [0.3, 0.4) is 0 Å². The summed E-state index contributed by atoms with van der Waals surface area (Å²) < 4.78 is 32.6. The normalized spacial score (nSPS) is 15.5. The average molecular weight is 427 g/mol. The van der Waals surface area contributed by atoms with E-state index >= 15 is 0 Å². The van der Waals surface area contributed by atoms with Crippen LogP contribution in [0.2, 0.25) is 0 Å². The van der Waals surface area contributed by atoms with Crippen molar-refractivity contribution in [3.05, 3.63) is 54.4 Å². The Morgan fingerprint density at radius 2 is 1.60 bits per heavy atom. The van der Waals surface area contributed by atoms with Crippen molar-refractivity contribution in [3.8, 4) is 11.5 Å².